The molecule has 0 saturated heterocycles. The largest absolute Gasteiger partial charge is 0.496 e. The molecule has 4 aromatic rings. The summed E-state index contributed by atoms with van der Waals surface area (Å²) < 4.78 is 11.4. The number of rotatable bonds is 5. The molecule has 2 aromatic carbocycles. The maximum Gasteiger partial charge on any atom is 0.177 e. The smallest absolute Gasteiger partial charge is 0.177 e. The first kappa shape index (κ1) is 16.4. The van der Waals surface area contributed by atoms with Gasteiger partial charge in [-0.2, -0.15) is 5.10 Å². The first-order valence-electron chi connectivity index (χ1n) is 7.96. The minimum absolute atomic E-state index is 0.281. The second-order valence-corrected chi connectivity index (χ2v) is 5.98. The molecule has 2 heterocycles. The van der Waals surface area contributed by atoms with Gasteiger partial charge >= 0.3 is 0 Å². The number of imidazole rings is 1. The molecule has 130 valence electrons. The third-order valence-electron chi connectivity index (χ3n) is 3.94. The van der Waals surface area contributed by atoms with Crippen molar-refractivity contribution in [3.8, 4) is 22.9 Å². The molecule has 0 amide bonds. The second kappa shape index (κ2) is 7.01. The molecular weight excluding hydrogens is 352 g/mol. The van der Waals surface area contributed by atoms with Gasteiger partial charge in [0, 0.05) is 6.07 Å². The van der Waals surface area contributed by atoms with E-state index in [0.717, 1.165) is 11.1 Å². The molecule has 0 aliphatic carbocycles. The van der Waals surface area contributed by atoms with Gasteiger partial charge in [-0.05, 0) is 17.7 Å². The van der Waals surface area contributed by atoms with Gasteiger partial charge in [0.1, 0.15) is 35.0 Å². The number of H-pyrrole nitrogens is 1. The lowest BCUT2D eigenvalue weighted by molar-refractivity contribution is 0.304. The Balaban J connectivity index is 1.63. The van der Waals surface area contributed by atoms with Gasteiger partial charge < -0.3 is 14.5 Å². The van der Waals surface area contributed by atoms with Crippen molar-refractivity contribution in [3.05, 3.63) is 65.4 Å². The summed E-state index contributed by atoms with van der Waals surface area (Å²) in [6.45, 7) is 0.487. The highest BCUT2D eigenvalue weighted by Gasteiger charge is 2.14. The molecule has 0 atom stereocenters. The van der Waals surface area contributed by atoms with Crippen LogP contribution in [0.4, 0.5) is 0 Å². The Kier molecular flexibility index (Phi) is 4.41. The SMILES string of the molecule is COc1cc(OCc2ccccc2)ccc1-c1nc2cnnc(Cl)c2[nH]1. The molecule has 7 heteroatoms. The van der Waals surface area contributed by atoms with Gasteiger partial charge in [-0.25, -0.2) is 4.98 Å². The fourth-order valence-electron chi connectivity index (χ4n) is 2.65. The highest BCUT2D eigenvalue weighted by Crippen LogP contribution is 2.33. The fraction of sp³-hybridized carbons (Fsp3) is 0.105. The minimum atomic E-state index is 0.281. The third kappa shape index (κ3) is 3.19. The fourth-order valence-corrected chi connectivity index (χ4v) is 2.83. The van der Waals surface area contributed by atoms with Crippen molar-refractivity contribution in [2.75, 3.05) is 7.11 Å². The maximum absolute atomic E-state index is 6.06. The molecule has 0 spiro atoms. The summed E-state index contributed by atoms with van der Waals surface area (Å²) in [6, 6.07) is 15.6. The predicted octanol–water partition coefficient (Wildman–Crippen LogP) is 4.26. The highest BCUT2D eigenvalue weighted by atomic mass is 35.5. The Morgan fingerprint density at radius 3 is 2.73 bits per heavy atom. The van der Waals surface area contributed by atoms with Gasteiger partial charge in [-0.3, -0.25) is 0 Å². The zero-order valence-electron chi connectivity index (χ0n) is 13.9. The number of halogens is 1. The van der Waals surface area contributed by atoms with Gasteiger partial charge in [0.05, 0.1) is 18.9 Å². The van der Waals surface area contributed by atoms with Gasteiger partial charge in [0.2, 0.25) is 0 Å². The van der Waals surface area contributed by atoms with E-state index in [9.17, 15) is 0 Å². The van der Waals surface area contributed by atoms with Crippen LogP contribution in [0.25, 0.3) is 22.4 Å². The highest BCUT2D eigenvalue weighted by molar-refractivity contribution is 6.33. The molecule has 0 fully saturated rings. The number of nitrogens with one attached hydrogen (secondary N) is 1. The summed E-state index contributed by atoms with van der Waals surface area (Å²) in [5, 5.41) is 7.91. The number of fused-ring (bicyclic) bond motifs is 1. The van der Waals surface area contributed by atoms with E-state index in [-0.39, 0.29) is 5.15 Å². The van der Waals surface area contributed by atoms with E-state index in [1.165, 1.54) is 0 Å². The summed E-state index contributed by atoms with van der Waals surface area (Å²) in [4.78, 5) is 7.68. The first-order valence-corrected chi connectivity index (χ1v) is 8.34. The Labute approximate surface area is 154 Å². The number of hydrogen-bond donors (Lipinski definition) is 1. The number of ether oxygens (including phenoxy) is 2. The van der Waals surface area contributed by atoms with Gasteiger partial charge in [-0.1, -0.05) is 41.9 Å². The molecule has 26 heavy (non-hydrogen) atoms. The average Bonchev–Trinajstić information content (AvgIpc) is 3.12. The van der Waals surface area contributed by atoms with Crippen LogP contribution in [0.2, 0.25) is 5.15 Å². The Morgan fingerprint density at radius 1 is 1.12 bits per heavy atom. The Hall–Kier alpha value is -3.12. The molecular formula is C19H15ClN4O2. The average molecular weight is 367 g/mol. The lowest BCUT2D eigenvalue weighted by Crippen LogP contribution is -1.96. The van der Waals surface area contributed by atoms with Crippen molar-refractivity contribution in [2.24, 2.45) is 0 Å². The normalized spacial score (nSPS) is 10.8. The number of aromatic nitrogens is 4. The molecule has 6 nitrogen and oxygen atoms in total. The number of aromatic amines is 1. The molecule has 2 aromatic heterocycles. The van der Waals surface area contributed by atoms with E-state index in [0.29, 0.717) is 35.0 Å². The Bertz CT molecular complexity index is 1050. The van der Waals surface area contributed by atoms with Crippen molar-refractivity contribution in [3.63, 3.8) is 0 Å². The van der Waals surface area contributed by atoms with E-state index in [1.807, 2.05) is 48.5 Å². The van der Waals surface area contributed by atoms with Crippen LogP contribution < -0.4 is 9.47 Å². The van der Waals surface area contributed by atoms with Crippen molar-refractivity contribution in [1.29, 1.82) is 0 Å². The van der Waals surface area contributed by atoms with E-state index in [1.54, 1.807) is 13.3 Å². The lowest BCUT2D eigenvalue weighted by atomic mass is 10.2. The van der Waals surface area contributed by atoms with Crippen LogP contribution in [0.3, 0.4) is 0 Å². The molecule has 1 N–H and O–H groups in total. The van der Waals surface area contributed by atoms with Gasteiger partial charge in [-0.15, -0.1) is 5.10 Å². The molecule has 0 bridgehead atoms. The van der Waals surface area contributed by atoms with Crippen LogP contribution in [0, 0.1) is 0 Å². The molecule has 0 saturated carbocycles. The molecule has 0 unspecified atom stereocenters. The van der Waals surface area contributed by atoms with Crippen molar-refractivity contribution < 1.29 is 9.47 Å². The van der Waals surface area contributed by atoms with Gasteiger partial charge in [0.15, 0.2) is 5.15 Å². The van der Waals surface area contributed by atoms with E-state index in [2.05, 4.69) is 20.2 Å². The molecule has 0 aliphatic heterocycles. The summed E-state index contributed by atoms with van der Waals surface area (Å²) in [5.41, 5.74) is 3.18. The molecule has 0 radical (unpaired) electrons. The lowest BCUT2D eigenvalue weighted by Gasteiger charge is -2.10. The zero-order valence-corrected chi connectivity index (χ0v) is 14.7. The van der Waals surface area contributed by atoms with Crippen LogP contribution in [0.5, 0.6) is 11.5 Å². The molecule has 0 aliphatic rings. The predicted molar refractivity (Wildman–Crippen MR) is 99.5 cm³/mol. The first-order chi connectivity index (χ1) is 12.7. The van der Waals surface area contributed by atoms with Crippen LogP contribution in [0.15, 0.2) is 54.7 Å². The van der Waals surface area contributed by atoms with Crippen molar-refractivity contribution in [2.45, 2.75) is 6.61 Å². The van der Waals surface area contributed by atoms with Gasteiger partial charge in [0.25, 0.3) is 0 Å². The number of hydrogen-bond acceptors (Lipinski definition) is 5. The summed E-state index contributed by atoms with van der Waals surface area (Å²) >= 11 is 6.06. The summed E-state index contributed by atoms with van der Waals surface area (Å²) in [5.74, 6) is 1.99. The van der Waals surface area contributed by atoms with Crippen molar-refractivity contribution in [1.82, 2.24) is 20.2 Å². The summed E-state index contributed by atoms with van der Waals surface area (Å²) in [7, 11) is 1.61. The Morgan fingerprint density at radius 2 is 1.96 bits per heavy atom. The standard InChI is InChI=1S/C19H15ClN4O2/c1-25-16-9-13(26-11-12-5-3-2-4-6-12)7-8-14(16)19-22-15-10-21-24-18(20)17(15)23-19/h2-10H,11H2,1H3,(H,22,23). The minimum Gasteiger partial charge on any atom is -0.496 e. The van der Waals surface area contributed by atoms with Crippen molar-refractivity contribution >= 4 is 22.6 Å². The van der Waals surface area contributed by atoms with Crippen LogP contribution in [-0.2, 0) is 6.61 Å². The maximum atomic E-state index is 6.06. The van der Waals surface area contributed by atoms with Crippen LogP contribution >= 0.6 is 11.6 Å². The van der Waals surface area contributed by atoms with Crippen LogP contribution in [-0.4, -0.2) is 27.3 Å². The number of benzene rings is 2. The van der Waals surface area contributed by atoms with Crippen LogP contribution in [0.1, 0.15) is 5.56 Å². The monoisotopic (exact) mass is 366 g/mol. The summed E-state index contributed by atoms with van der Waals surface area (Å²) in [6.07, 6.45) is 1.56. The zero-order chi connectivity index (χ0) is 17.9. The number of nitrogens with zero attached hydrogens (tertiary/aromatic N) is 3. The number of methoxy groups -OCH3 is 1. The van der Waals surface area contributed by atoms with E-state index < -0.39 is 0 Å². The second-order valence-electron chi connectivity index (χ2n) is 5.62. The van der Waals surface area contributed by atoms with E-state index in [4.69, 9.17) is 21.1 Å². The third-order valence-corrected chi connectivity index (χ3v) is 4.20. The molecule has 4 rings (SSSR count). The topological polar surface area (TPSA) is 72.9 Å². The quantitative estimate of drug-likeness (QED) is 0.571. The van der Waals surface area contributed by atoms with E-state index >= 15 is 0 Å².